The van der Waals surface area contributed by atoms with Crippen molar-refractivity contribution in [2.45, 2.75) is 0 Å². The molecule has 0 fully saturated rings. The van der Waals surface area contributed by atoms with Gasteiger partial charge < -0.3 is 4.57 Å². The largest absolute Gasteiger partial charge is 0.309 e. The predicted octanol–water partition coefficient (Wildman–Crippen LogP) is 10.3. The van der Waals surface area contributed by atoms with Crippen molar-refractivity contribution in [1.82, 2.24) is 9.55 Å². The van der Waals surface area contributed by atoms with Gasteiger partial charge in [0.25, 0.3) is 0 Å². The van der Waals surface area contributed by atoms with Crippen molar-refractivity contribution in [3.63, 3.8) is 0 Å². The number of fused-ring (bicyclic) bond motifs is 7. The Morgan fingerprint density at radius 3 is 1.93 bits per heavy atom. The molecule has 41 heavy (non-hydrogen) atoms. The lowest BCUT2D eigenvalue weighted by Gasteiger charge is -2.10. The summed E-state index contributed by atoms with van der Waals surface area (Å²) in [5.41, 5.74) is 13.5. The predicted molar refractivity (Wildman–Crippen MR) is 171 cm³/mol. The Labute approximate surface area is 237 Å². The second-order valence-electron chi connectivity index (χ2n) is 10.8. The van der Waals surface area contributed by atoms with Gasteiger partial charge >= 0.3 is 0 Å². The van der Waals surface area contributed by atoms with Crippen LogP contribution in [0.4, 0.5) is 0 Å². The summed E-state index contributed by atoms with van der Waals surface area (Å²) < 4.78 is 2.43. The molecule has 0 spiro atoms. The molecule has 0 aliphatic heterocycles. The molecular formula is C39H24N2. The third kappa shape index (κ3) is 3.22. The zero-order valence-corrected chi connectivity index (χ0v) is 22.3. The van der Waals surface area contributed by atoms with Gasteiger partial charge in [-0.1, -0.05) is 97.1 Å². The summed E-state index contributed by atoms with van der Waals surface area (Å²) in [5.74, 6) is 0. The second kappa shape index (κ2) is 8.51. The first-order chi connectivity index (χ1) is 20.3. The van der Waals surface area contributed by atoms with Gasteiger partial charge in [0.2, 0.25) is 0 Å². The van der Waals surface area contributed by atoms with Crippen molar-refractivity contribution in [2.24, 2.45) is 0 Å². The molecule has 1 aliphatic rings. The van der Waals surface area contributed by atoms with Crippen LogP contribution < -0.4 is 0 Å². The van der Waals surface area contributed by atoms with Crippen LogP contribution in [0, 0.1) is 0 Å². The van der Waals surface area contributed by atoms with Crippen molar-refractivity contribution in [3.05, 3.63) is 146 Å². The third-order valence-corrected chi connectivity index (χ3v) is 8.59. The molecule has 2 heteroatoms. The molecule has 0 unspecified atom stereocenters. The van der Waals surface area contributed by atoms with Crippen LogP contribution in [0.3, 0.4) is 0 Å². The first-order valence-electron chi connectivity index (χ1n) is 14.1. The number of hydrogen-bond donors (Lipinski definition) is 0. The molecule has 9 rings (SSSR count). The molecular weight excluding hydrogens is 496 g/mol. The van der Waals surface area contributed by atoms with E-state index in [0.29, 0.717) is 0 Å². The molecule has 2 heterocycles. The third-order valence-electron chi connectivity index (χ3n) is 8.59. The van der Waals surface area contributed by atoms with E-state index in [2.05, 4.69) is 137 Å². The van der Waals surface area contributed by atoms with Crippen molar-refractivity contribution >= 4 is 32.6 Å². The maximum absolute atomic E-state index is 4.52. The highest BCUT2D eigenvalue weighted by Gasteiger charge is 2.25. The zero-order chi connectivity index (χ0) is 26.9. The molecule has 2 nitrogen and oxygen atoms in total. The Morgan fingerprint density at radius 2 is 1.12 bits per heavy atom. The number of pyridine rings is 1. The van der Waals surface area contributed by atoms with Crippen molar-refractivity contribution in [1.29, 1.82) is 0 Å². The van der Waals surface area contributed by atoms with Gasteiger partial charge in [0.1, 0.15) is 0 Å². The lowest BCUT2D eigenvalue weighted by atomic mass is 9.96. The van der Waals surface area contributed by atoms with Crippen LogP contribution in [0.15, 0.2) is 146 Å². The molecule has 0 amide bonds. The normalized spacial score (nSPS) is 11.9. The molecule has 0 saturated heterocycles. The second-order valence-corrected chi connectivity index (χ2v) is 10.8. The number of aromatic nitrogens is 2. The van der Waals surface area contributed by atoms with Crippen LogP contribution in [-0.2, 0) is 0 Å². The van der Waals surface area contributed by atoms with E-state index in [9.17, 15) is 0 Å². The summed E-state index contributed by atoms with van der Waals surface area (Å²) >= 11 is 0. The fourth-order valence-corrected chi connectivity index (χ4v) is 6.78. The van der Waals surface area contributed by atoms with E-state index in [-0.39, 0.29) is 0 Å². The van der Waals surface area contributed by atoms with E-state index < -0.39 is 0 Å². The van der Waals surface area contributed by atoms with Crippen LogP contribution in [-0.4, -0.2) is 9.55 Å². The minimum absolute atomic E-state index is 0.991. The van der Waals surface area contributed by atoms with Crippen LogP contribution in [0.1, 0.15) is 0 Å². The van der Waals surface area contributed by atoms with Crippen LogP contribution in [0.5, 0.6) is 0 Å². The van der Waals surface area contributed by atoms with Crippen molar-refractivity contribution < 1.29 is 0 Å². The van der Waals surface area contributed by atoms with Gasteiger partial charge in [-0.2, -0.15) is 0 Å². The Morgan fingerprint density at radius 1 is 0.415 bits per heavy atom. The van der Waals surface area contributed by atoms with Crippen LogP contribution in [0.25, 0.3) is 82.9 Å². The topological polar surface area (TPSA) is 17.8 Å². The highest BCUT2D eigenvalue weighted by atomic mass is 15.0. The van der Waals surface area contributed by atoms with Gasteiger partial charge in [-0.3, -0.25) is 4.98 Å². The van der Waals surface area contributed by atoms with E-state index in [1.807, 2.05) is 18.3 Å². The molecule has 6 aromatic carbocycles. The lowest BCUT2D eigenvalue weighted by Crippen LogP contribution is -1.93. The quantitative estimate of drug-likeness (QED) is 0.227. The average Bonchev–Trinajstić information content (AvgIpc) is 3.55. The highest BCUT2D eigenvalue weighted by molar-refractivity contribution is 6.29. The minimum atomic E-state index is 0.991. The maximum Gasteiger partial charge on any atom is 0.0701 e. The van der Waals surface area contributed by atoms with Gasteiger partial charge in [0, 0.05) is 28.2 Å². The molecule has 1 aliphatic carbocycles. The monoisotopic (exact) mass is 520 g/mol. The van der Waals surface area contributed by atoms with Crippen molar-refractivity contribution in [2.75, 3.05) is 0 Å². The molecule has 0 bridgehead atoms. The summed E-state index contributed by atoms with van der Waals surface area (Å²) in [6.07, 6.45) is 1.84. The van der Waals surface area contributed by atoms with Gasteiger partial charge in [-0.25, -0.2) is 0 Å². The number of nitrogens with zero attached hydrogens (tertiary/aromatic N) is 2. The Kier molecular flexibility index (Phi) is 4.64. The zero-order valence-electron chi connectivity index (χ0n) is 22.3. The van der Waals surface area contributed by atoms with E-state index in [1.54, 1.807) is 0 Å². The number of para-hydroxylation sites is 1. The lowest BCUT2D eigenvalue weighted by molar-refractivity contribution is 1.18. The molecule has 190 valence electrons. The smallest absolute Gasteiger partial charge is 0.0701 e. The number of benzene rings is 6. The van der Waals surface area contributed by atoms with E-state index >= 15 is 0 Å². The van der Waals surface area contributed by atoms with Gasteiger partial charge in [-0.05, 0) is 86.6 Å². The van der Waals surface area contributed by atoms with E-state index in [0.717, 1.165) is 11.3 Å². The fourth-order valence-electron chi connectivity index (χ4n) is 6.78. The van der Waals surface area contributed by atoms with Crippen LogP contribution in [0.2, 0.25) is 0 Å². The Bertz CT molecular complexity index is 2280. The Balaban J connectivity index is 1.34. The molecule has 2 aromatic heterocycles. The van der Waals surface area contributed by atoms with E-state index in [4.69, 9.17) is 0 Å². The number of rotatable bonds is 3. The minimum Gasteiger partial charge on any atom is -0.309 e. The summed E-state index contributed by atoms with van der Waals surface area (Å²) in [5, 5.41) is 5.26. The average molecular weight is 521 g/mol. The maximum atomic E-state index is 4.52. The fraction of sp³-hybridized carbons (Fsp3) is 0. The van der Waals surface area contributed by atoms with Crippen molar-refractivity contribution in [3.8, 4) is 50.3 Å². The molecule has 0 saturated carbocycles. The SMILES string of the molecule is c1ccc(-n2c3ccc(-c4ccc(-c5ccccn5)cc4)cc3c3c4cccc5c4c(cc32)-c2ccccc2-5)cc1. The summed E-state index contributed by atoms with van der Waals surface area (Å²) in [7, 11) is 0. The molecule has 0 atom stereocenters. The molecule has 0 N–H and O–H groups in total. The summed E-state index contributed by atoms with van der Waals surface area (Å²) in [6.45, 7) is 0. The highest BCUT2D eigenvalue weighted by Crippen LogP contribution is 2.51. The standard InChI is InChI=1S/C39H24N2/c1-2-9-28(10-3-1)41-36-21-20-27(25-16-18-26(19-17-25)35-15-6-7-22-40-35)23-34(36)39-32-14-8-13-31-29-11-4-5-12-30(29)33(38(31)32)24-37(39)41/h1-24H. The van der Waals surface area contributed by atoms with Crippen LogP contribution >= 0.6 is 0 Å². The van der Waals surface area contributed by atoms with E-state index in [1.165, 1.54) is 71.6 Å². The van der Waals surface area contributed by atoms with Gasteiger partial charge in [0.05, 0.1) is 16.7 Å². The van der Waals surface area contributed by atoms with Gasteiger partial charge in [0.15, 0.2) is 0 Å². The van der Waals surface area contributed by atoms with Gasteiger partial charge in [-0.15, -0.1) is 0 Å². The first-order valence-corrected chi connectivity index (χ1v) is 14.1. The molecule has 0 radical (unpaired) electrons. The first kappa shape index (κ1) is 22.4. The summed E-state index contributed by atoms with van der Waals surface area (Å²) in [6, 6.07) is 50.5. The number of hydrogen-bond acceptors (Lipinski definition) is 1. The molecule has 8 aromatic rings. The summed E-state index contributed by atoms with van der Waals surface area (Å²) in [4.78, 5) is 4.52. The Hall–Kier alpha value is -5.47.